The largest absolute Gasteiger partial charge is 0.333 e. The van der Waals surface area contributed by atoms with Gasteiger partial charge in [0.05, 0.1) is 18.7 Å². The maximum absolute atomic E-state index is 13.0. The predicted molar refractivity (Wildman–Crippen MR) is 99.1 cm³/mol. The molecule has 1 aromatic heterocycles. The normalized spacial score (nSPS) is 15.3. The van der Waals surface area contributed by atoms with Gasteiger partial charge < -0.3 is 4.90 Å². The van der Waals surface area contributed by atoms with E-state index in [1.54, 1.807) is 10.9 Å². The predicted octanol–water partition coefficient (Wildman–Crippen LogP) is 3.87. The van der Waals surface area contributed by atoms with Crippen molar-refractivity contribution in [1.29, 1.82) is 0 Å². The van der Waals surface area contributed by atoms with E-state index in [0.717, 1.165) is 18.4 Å². The molecule has 1 amide bonds. The van der Waals surface area contributed by atoms with Crippen molar-refractivity contribution in [3.8, 4) is 0 Å². The minimum atomic E-state index is 0.0720. The van der Waals surface area contributed by atoms with Gasteiger partial charge in [0.15, 0.2) is 0 Å². The number of hydrogen-bond donors (Lipinski definition) is 0. The lowest BCUT2D eigenvalue weighted by Crippen LogP contribution is -2.36. The molecule has 25 heavy (non-hydrogen) atoms. The topological polar surface area (TPSA) is 38.1 Å². The highest BCUT2D eigenvalue weighted by Gasteiger charge is 2.36. The van der Waals surface area contributed by atoms with Gasteiger partial charge in [-0.2, -0.15) is 5.10 Å². The van der Waals surface area contributed by atoms with E-state index >= 15 is 0 Å². The molecule has 0 aliphatic heterocycles. The maximum Gasteiger partial charge on any atom is 0.227 e. The summed E-state index contributed by atoms with van der Waals surface area (Å²) in [4.78, 5) is 15.1. The second kappa shape index (κ2) is 6.36. The van der Waals surface area contributed by atoms with Crippen molar-refractivity contribution in [2.75, 3.05) is 0 Å². The lowest BCUT2D eigenvalue weighted by atomic mass is 9.98. The Morgan fingerprint density at radius 3 is 2.72 bits per heavy atom. The third kappa shape index (κ3) is 3.16. The fourth-order valence-electron chi connectivity index (χ4n) is 3.68. The molecule has 4 rings (SSSR count). The lowest BCUT2D eigenvalue weighted by molar-refractivity contribution is -0.133. The van der Waals surface area contributed by atoms with Crippen LogP contribution in [0.15, 0.2) is 54.9 Å². The van der Waals surface area contributed by atoms with Crippen LogP contribution in [0.4, 0.5) is 0 Å². The zero-order chi connectivity index (χ0) is 17.4. The molecule has 1 saturated carbocycles. The summed E-state index contributed by atoms with van der Waals surface area (Å²) in [5.74, 6) is 0.191. The van der Waals surface area contributed by atoms with Crippen LogP contribution in [0, 0.1) is 0 Å². The second-order valence-electron chi connectivity index (χ2n) is 6.98. The van der Waals surface area contributed by atoms with Crippen LogP contribution < -0.4 is 0 Å². The van der Waals surface area contributed by atoms with Gasteiger partial charge in [0.25, 0.3) is 0 Å². The average Bonchev–Trinajstić information content (AvgIpc) is 3.36. The summed E-state index contributed by atoms with van der Waals surface area (Å²) in [7, 11) is 1.88. The smallest absolute Gasteiger partial charge is 0.227 e. The summed E-state index contributed by atoms with van der Waals surface area (Å²) in [6.07, 6.45) is 6.33. The van der Waals surface area contributed by atoms with Gasteiger partial charge in [-0.25, -0.2) is 0 Å². The molecule has 2 aromatic carbocycles. The molecule has 1 aliphatic rings. The Morgan fingerprint density at radius 1 is 1.24 bits per heavy atom. The Hall–Kier alpha value is -2.62. The van der Waals surface area contributed by atoms with Crippen LogP contribution in [-0.2, 0) is 18.3 Å². The summed E-state index contributed by atoms with van der Waals surface area (Å²) in [5.41, 5.74) is 2.20. The van der Waals surface area contributed by atoms with Crippen LogP contribution in [0.5, 0.6) is 0 Å². The third-order valence-corrected chi connectivity index (χ3v) is 5.03. The number of rotatable bonds is 5. The zero-order valence-electron chi connectivity index (χ0n) is 14.7. The number of benzene rings is 2. The molecule has 128 valence electrons. The molecule has 1 atom stereocenters. The molecule has 0 saturated heterocycles. The summed E-state index contributed by atoms with van der Waals surface area (Å²) in [6.45, 7) is 2.15. The highest BCUT2D eigenvalue weighted by molar-refractivity contribution is 5.87. The number of carbonyl (C=O) groups is 1. The number of fused-ring (bicyclic) bond motifs is 1. The van der Waals surface area contributed by atoms with Crippen LogP contribution in [0.25, 0.3) is 10.8 Å². The summed E-state index contributed by atoms with van der Waals surface area (Å²) in [6, 6.07) is 15.2. The first-order valence-corrected chi connectivity index (χ1v) is 8.90. The van der Waals surface area contributed by atoms with Crippen molar-refractivity contribution >= 4 is 16.7 Å². The highest BCUT2D eigenvalue weighted by atomic mass is 16.2. The van der Waals surface area contributed by atoms with Gasteiger partial charge >= 0.3 is 0 Å². The molecule has 1 fully saturated rings. The Bertz CT molecular complexity index is 905. The monoisotopic (exact) mass is 333 g/mol. The van der Waals surface area contributed by atoms with Crippen LogP contribution in [0.1, 0.15) is 36.9 Å². The van der Waals surface area contributed by atoms with Gasteiger partial charge in [0, 0.05) is 19.3 Å². The van der Waals surface area contributed by atoms with E-state index in [0.29, 0.717) is 12.5 Å². The molecule has 4 heteroatoms. The number of hydrogen-bond acceptors (Lipinski definition) is 2. The number of aromatic nitrogens is 2. The molecule has 1 heterocycles. The van der Waals surface area contributed by atoms with Gasteiger partial charge in [0.2, 0.25) is 5.91 Å². The zero-order valence-corrected chi connectivity index (χ0v) is 14.7. The molecule has 1 aliphatic carbocycles. The molecule has 0 bridgehead atoms. The number of nitrogens with zero attached hydrogens (tertiary/aromatic N) is 3. The number of amides is 1. The van der Waals surface area contributed by atoms with Crippen LogP contribution in [0.3, 0.4) is 0 Å². The number of carbonyl (C=O) groups excluding carboxylic acids is 1. The molecule has 0 radical (unpaired) electrons. The van der Waals surface area contributed by atoms with E-state index in [2.05, 4.69) is 59.4 Å². The Balaban J connectivity index is 1.65. The molecule has 3 aromatic rings. The van der Waals surface area contributed by atoms with Gasteiger partial charge in [-0.1, -0.05) is 42.5 Å². The quantitative estimate of drug-likeness (QED) is 0.711. The van der Waals surface area contributed by atoms with Crippen LogP contribution in [0.2, 0.25) is 0 Å². The van der Waals surface area contributed by atoms with Crippen molar-refractivity contribution < 1.29 is 4.79 Å². The van der Waals surface area contributed by atoms with Crippen molar-refractivity contribution in [3.63, 3.8) is 0 Å². The van der Waals surface area contributed by atoms with E-state index in [1.807, 2.05) is 13.2 Å². The van der Waals surface area contributed by atoms with Gasteiger partial charge in [0.1, 0.15) is 0 Å². The molecule has 4 nitrogen and oxygen atoms in total. The molecule has 0 spiro atoms. The first-order chi connectivity index (χ1) is 12.1. The highest BCUT2D eigenvalue weighted by Crippen LogP contribution is 2.37. The fraction of sp³-hybridized carbons (Fsp3) is 0.333. The van der Waals surface area contributed by atoms with Crippen LogP contribution >= 0.6 is 0 Å². The van der Waals surface area contributed by atoms with Gasteiger partial charge in [-0.15, -0.1) is 0 Å². The summed E-state index contributed by atoms with van der Waals surface area (Å²) < 4.78 is 1.75. The molecular weight excluding hydrogens is 310 g/mol. The Kier molecular flexibility index (Phi) is 4.04. The number of aryl methyl sites for hydroxylation is 1. The van der Waals surface area contributed by atoms with Crippen molar-refractivity contribution in [1.82, 2.24) is 14.7 Å². The fourth-order valence-corrected chi connectivity index (χ4v) is 3.68. The Morgan fingerprint density at radius 2 is 2.00 bits per heavy atom. The standard InChI is InChI=1S/C21H23N3O/c1-15(19-9-5-7-17-6-3-4-8-20(17)19)24(18-10-11-18)21(25)12-16-13-22-23(2)14-16/h3-9,13-15,18H,10-12H2,1-2H3. The maximum atomic E-state index is 13.0. The minimum Gasteiger partial charge on any atom is -0.333 e. The molecule has 1 unspecified atom stereocenters. The van der Waals surface area contributed by atoms with E-state index in [9.17, 15) is 4.79 Å². The SMILES string of the molecule is CC(c1cccc2ccccc12)N(C(=O)Cc1cnn(C)c1)C1CC1. The summed E-state index contributed by atoms with van der Waals surface area (Å²) in [5, 5.41) is 6.64. The first kappa shape index (κ1) is 15.9. The minimum absolute atomic E-state index is 0.0720. The van der Waals surface area contributed by atoms with E-state index in [1.165, 1.54) is 16.3 Å². The van der Waals surface area contributed by atoms with Gasteiger partial charge in [-0.05, 0) is 41.7 Å². The van der Waals surface area contributed by atoms with Crippen molar-refractivity contribution in [2.45, 2.75) is 38.3 Å². The van der Waals surface area contributed by atoms with Crippen molar-refractivity contribution in [2.24, 2.45) is 7.05 Å². The molecular formula is C21H23N3O. The van der Waals surface area contributed by atoms with Crippen LogP contribution in [-0.4, -0.2) is 26.6 Å². The Labute approximate surface area is 148 Å². The van der Waals surface area contributed by atoms with E-state index < -0.39 is 0 Å². The summed E-state index contributed by atoms with van der Waals surface area (Å²) >= 11 is 0. The molecule has 0 N–H and O–H groups in total. The average molecular weight is 333 g/mol. The van der Waals surface area contributed by atoms with Gasteiger partial charge in [-0.3, -0.25) is 9.48 Å². The third-order valence-electron chi connectivity index (χ3n) is 5.03. The van der Waals surface area contributed by atoms with Crippen molar-refractivity contribution in [3.05, 3.63) is 66.0 Å². The van der Waals surface area contributed by atoms with E-state index in [-0.39, 0.29) is 11.9 Å². The second-order valence-corrected chi connectivity index (χ2v) is 6.98. The first-order valence-electron chi connectivity index (χ1n) is 8.90. The lowest BCUT2D eigenvalue weighted by Gasteiger charge is -2.30. The van der Waals surface area contributed by atoms with E-state index in [4.69, 9.17) is 0 Å².